The van der Waals surface area contributed by atoms with E-state index in [1.807, 2.05) is 0 Å². The van der Waals surface area contributed by atoms with Gasteiger partial charge >= 0.3 is 0 Å². The van der Waals surface area contributed by atoms with E-state index in [0.717, 1.165) is 31.7 Å². The van der Waals surface area contributed by atoms with Gasteiger partial charge in [0.15, 0.2) is 0 Å². The lowest BCUT2D eigenvalue weighted by Gasteiger charge is -2.50. The van der Waals surface area contributed by atoms with E-state index in [-0.39, 0.29) is 6.10 Å². The van der Waals surface area contributed by atoms with Gasteiger partial charge in [-0.25, -0.2) is 0 Å². The molecule has 3 nitrogen and oxygen atoms in total. The molecule has 0 amide bonds. The Kier molecular flexibility index (Phi) is 3.96. The molecule has 1 heterocycles. The second kappa shape index (κ2) is 4.91. The predicted octanol–water partition coefficient (Wildman–Crippen LogP) is 3.54. The largest absolute Gasteiger partial charge is 0.276 e. The molecule has 1 unspecified atom stereocenters. The quantitative estimate of drug-likeness (QED) is 0.577. The predicted molar refractivity (Wildman–Crippen MR) is 77.0 cm³/mol. The highest BCUT2D eigenvalue weighted by atomic mass is 32.2. The Bertz CT molecular complexity index is 389. The summed E-state index contributed by atoms with van der Waals surface area (Å²) in [7, 11) is -4.56. The third-order valence-electron chi connectivity index (χ3n) is 4.33. The lowest BCUT2D eigenvalue weighted by molar-refractivity contribution is 0.0768. The third kappa shape index (κ3) is 2.68. The van der Waals surface area contributed by atoms with Crippen LogP contribution >= 0.6 is 0 Å². The summed E-state index contributed by atoms with van der Waals surface area (Å²) in [4.78, 5) is 0. The van der Waals surface area contributed by atoms with Crippen molar-refractivity contribution in [1.82, 2.24) is 0 Å². The number of rotatable bonds is 2. The molecule has 2 fully saturated rings. The number of hydrogen-bond acceptors (Lipinski definition) is 3. The Morgan fingerprint density at radius 1 is 1.06 bits per heavy atom. The minimum absolute atomic E-state index is 0.0210. The first-order chi connectivity index (χ1) is 8.27. The maximum absolute atomic E-state index is 12.1. The molecule has 0 aromatic rings. The van der Waals surface area contributed by atoms with Gasteiger partial charge in [0.2, 0.25) is 0 Å². The second-order valence-corrected chi connectivity index (χ2v) is 14.6. The first-order valence-corrected chi connectivity index (χ1v) is 12.3. The molecular weight excluding hydrogens is 264 g/mol. The van der Waals surface area contributed by atoms with Crippen molar-refractivity contribution >= 4 is 18.2 Å². The monoisotopic (exact) mass is 290 g/mol. The van der Waals surface area contributed by atoms with Crippen LogP contribution < -0.4 is 0 Å². The molecule has 1 saturated carbocycles. The normalized spacial score (nSPS) is 31.4. The summed E-state index contributed by atoms with van der Waals surface area (Å²) in [6, 6.07) is 0.978. The summed E-state index contributed by atoms with van der Waals surface area (Å²) in [6.45, 7) is 6.87. The summed E-state index contributed by atoms with van der Waals surface area (Å²) in [5.74, 6) is 0. The molecule has 0 N–H and O–H groups in total. The second-order valence-electron chi connectivity index (χ2n) is 7.14. The first kappa shape index (κ1) is 14.5. The summed E-state index contributed by atoms with van der Waals surface area (Å²) in [6.07, 6.45) is 7.33. The van der Waals surface area contributed by atoms with Gasteiger partial charge in [-0.2, -0.15) is 8.42 Å². The van der Waals surface area contributed by atoms with Crippen molar-refractivity contribution in [2.45, 2.75) is 81.5 Å². The SMILES string of the molecule is C[Si](C)(C)CC1OS(=O)(=O)C12CCCCCCC2. The fourth-order valence-corrected chi connectivity index (χ4v) is 7.01. The molecule has 0 aromatic heterocycles. The first-order valence-electron chi connectivity index (χ1n) is 7.20. The van der Waals surface area contributed by atoms with Gasteiger partial charge in [0.1, 0.15) is 4.75 Å². The average molecular weight is 291 g/mol. The van der Waals surface area contributed by atoms with E-state index in [0.29, 0.717) is 0 Å². The molecule has 0 bridgehead atoms. The molecule has 2 rings (SSSR count). The van der Waals surface area contributed by atoms with E-state index < -0.39 is 22.9 Å². The molecule has 1 atom stereocenters. The van der Waals surface area contributed by atoms with E-state index in [9.17, 15) is 8.42 Å². The molecule has 0 radical (unpaired) electrons. The van der Waals surface area contributed by atoms with Crippen molar-refractivity contribution < 1.29 is 12.6 Å². The fourth-order valence-electron chi connectivity index (χ4n) is 3.31. The lowest BCUT2D eigenvalue weighted by atomic mass is 9.86. The van der Waals surface area contributed by atoms with Crippen molar-refractivity contribution in [1.29, 1.82) is 0 Å². The summed E-state index contributed by atoms with van der Waals surface area (Å²) in [5, 5.41) is 0. The van der Waals surface area contributed by atoms with Crippen LogP contribution in [-0.2, 0) is 14.3 Å². The summed E-state index contributed by atoms with van der Waals surface area (Å²) in [5.41, 5.74) is 0. The van der Waals surface area contributed by atoms with E-state index in [1.54, 1.807) is 0 Å². The van der Waals surface area contributed by atoms with E-state index in [2.05, 4.69) is 19.6 Å². The highest BCUT2D eigenvalue weighted by Crippen LogP contribution is 2.49. The Labute approximate surface area is 112 Å². The van der Waals surface area contributed by atoms with Crippen LogP contribution in [0.25, 0.3) is 0 Å². The Morgan fingerprint density at radius 2 is 1.56 bits per heavy atom. The highest BCUT2D eigenvalue weighted by molar-refractivity contribution is 7.89. The van der Waals surface area contributed by atoms with Gasteiger partial charge < -0.3 is 0 Å². The lowest BCUT2D eigenvalue weighted by Crippen LogP contribution is -2.63. The van der Waals surface area contributed by atoms with Crippen LogP contribution in [0.15, 0.2) is 0 Å². The highest BCUT2D eigenvalue weighted by Gasteiger charge is 2.61. The summed E-state index contributed by atoms with van der Waals surface area (Å²) < 4.78 is 29.1. The molecule has 5 heteroatoms. The molecule has 1 aliphatic carbocycles. The van der Waals surface area contributed by atoms with Crippen LogP contribution in [0.3, 0.4) is 0 Å². The Balaban J connectivity index is 2.18. The van der Waals surface area contributed by atoms with E-state index in [1.165, 1.54) is 19.3 Å². The molecule has 2 aliphatic rings. The topological polar surface area (TPSA) is 43.4 Å². The van der Waals surface area contributed by atoms with Crippen LogP contribution in [-0.4, -0.2) is 27.3 Å². The number of hydrogen-bond donors (Lipinski definition) is 0. The van der Waals surface area contributed by atoms with Crippen molar-refractivity contribution in [3.8, 4) is 0 Å². The van der Waals surface area contributed by atoms with Gasteiger partial charge in [-0.3, -0.25) is 4.18 Å². The molecule has 18 heavy (non-hydrogen) atoms. The fraction of sp³-hybridized carbons (Fsp3) is 1.00. The van der Waals surface area contributed by atoms with Crippen LogP contribution in [0, 0.1) is 0 Å². The van der Waals surface area contributed by atoms with Crippen LogP contribution in [0.2, 0.25) is 25.7 Å². The van der Waals surface area contributed by atoms with Gasteiger partial charge in [-0.1, -0.05) is 51.7 Å². The van der Waals surface area contributed by atoms with Crippen molar-refractivity contribution in [2.75, 3.05) is 0 Å². The maximum Gasteiger partial charge on any atom is 0.276 e. The summed E-state index contributed by atoms with van der Waals surface area (Å²) >= 11 is 0. The zero-order valence-electron chi connectivity index (χ0n) is 11.9. The van der Waals surface area contributed by atoms with Gasteiger partial charge in [0.05, 0.1) is 6.10 Å². The van der Waals surface area contributed by atoms with E-state index in [4.69, 9.17) is 4.18 Å². The third-order valence-corrected chi connectivity index (χ3v) is 8.07. The molecular formula is C13H26O3SSi. The van der Waals surface area contributed by atoms with Gasteiger partial charge in [0, 0.05) is 8.07 Å². The zero-order valence-corrected chi connectivity index (χ0v) is 13.7. The smallest absolute Gasteiger partial charge is 0.265 e. The molecule has 1 aliphatic heterocycles. The standard InChI is InChI=1S/C13H26O3SSi/c1-18(2,3)11-12-13(17(14,15)16-12)9-7-5-4-6-8-10-13/h12H,4-11H2,1-3H3. The minimum Gasteiger partial charge on any atom is -0.265 e. The average Bonchev–Trinajstić information content (AvgIpc) is 2.12. The zero-order chi connectivity index (χ0) is 13.4. The molecule has 106 valence electrons. The van der Waals surface area contributed by atoms with Gasteiger partial charge in [0.25, 0.3) is 10.1 Å². The van der Waals surface area contributed by atoms with Crippen LogP contribution in [0.1, 0.15) is 44.9 Å². The molecule has 1 saturated heterocycles. The molecule has 0 aromatic carbocycles. The van der Waals surface area contributed by atoms with Crippen molar-refractivity contribution in [2.24, 2.45) is 0 Å². The maximum atomic E-state index is 12.1. The minimum atomic E-state index is -3.28. The van der Waals surface area contributed by atoms with Crippen molar-refractivity contribution in [3.05, 3.63) is 0 Å². The van der Waals surface area contributed by atoms with Gasteiger partial charge in [-0.15, -0.1) is 0 Å². The van der Waals surface area contributed by atoms with Crippen LogP contribution in [0.5, 0.6) is 0 Å². The Morgan fingerprint density at radius 3 is 2.00 bits per heavy atom. The van der Waals surface area contributed by atoms with Crippen LogP contribution in [0.4, 0.5) is 0 Å². The van der Waals surface area contributed by atoms with E-state index >= 15 is 0 Å². The Hall–Kier alpha value is 0.127. The molecule has 1 spiro atoms. The van der Waals surface area contributed by atoms with Crippen molar-refractivity contribution in [3.63, 3.8) is 0 Å². The van der Waals surface area contributed by atoms with Gasteiger partial charge in [-0.05, 0) is 18.9 Å².